The van der Waals surface area contributed by atoms with E-state index in [4.69, 9.17) is 5.73 Å². The monoisotopic (exact) mass is 191 g/mol. The lowest BCUT2D eigenvalue weighted by Gasteiger charge is -2.08. The molecule has 4 N–H and O–H groups in total. The van der Waals surface area contributed by atoms with Crippen molar-refractivity contribution in [3.05, 3.63) is 29.3 Å². The van der Waals surface area contributed by atoms with Crippen LogP contribution in [0.1, 0.15) is 11.1 Å². The molecule has 0 aliphatic carbocycles. The highest BCUT2D eigenvalue weighted by molar-refractivity contribution is 5.53. The van der Waals surface area contributed by atoms with E-state index < -0.39 is 0 Å². The summed E-state index contributed by atoms with van der Waals surface area (Å²) < 4.78 is 0. The summed E-state index contributed by atoms with van der Waals surface area (Å²) in [7, 11) is 0. The molecule has 0 atom stereocenters. The van der Waals surface area contributed by atoms with Gasteiger partial charge < -0.3 is 16.4 Å². The van der Waals surface area contributed by atoms with Gasteiger partial charge in [0, 0.05) is 25.3 Å². The summed E-state index contributed by atoms with van der Waals surface area (Å²) >= 11 is 0. The summed E-state index contributed by atoms with van der Waals surface area (Å²) in [6, 6.07) is 6.56. The standard InChI is InChI=1S/C11H17N3/c12-4-3-9-1-2-11-10(7-9)8-13-5-6-14-11/h1-2,7,13-14H,3-6,8,12H2. The van der Waals surface area contributed by atoms with E-state index in [-0.39, 0.29) is 0 Å². The van der Waals surface area contributed by atoms with Gasteiger partial charge in [-0.1, -0.05) is 12.1 Å². The highest BCUT2D eigenvalue weighted by Gasteiger charge is 2.06. The molecule has 14 heavy (non-hydrogen) atoms. The predicted molar refractivity (Wildman–Crippen MR) is 59.4 cm³/mol. The Bertz CT molecular complexity index is 309. The van der Waals surface area contributed by atoms with E-state index in [0.717, 1.165) is 32.6 Å². The number of anilines is 1. The molecule has 3 heteroatoms. The molecule has 2 rings (SSSR count). The van der Waals surface area contributed by atoms with Crippen LogP contribution < -0.4 is 16.4 Å². The first-order valence-electron chi connectivity index (χ1n) is 5.16. The van der Waals surface area contributed by atoms with Gasteiger partial charge in [-0.05, 0) is 30.2 Å². The molecule has 0 spiro atoms. The van der Waals surface area contributed by atoms with Crippen LogP contribution in [-0.4, -0.2) is 19.6 Å². The third-order valence-electron chi connectivity index (χ3n) is 2.54. The molecule has 0 radical (unpaired) electrons. The van der Waals surface area contributed by atoms with Crippen LogP contribution in [0.3, 0.4) is 0 Å². The lowest BCUT2D eigenvalue weighted by atomic mass is 10.1. The van der Waals surface area contributed by atoms with E-state index in [0.29, 0.717) is 0 Å². The van der Waals surface area contributed by atoms with Gasteiger partial charge in [-0.25, -0.2) is 0 Å². The molecule has 1 aromatic carbocycles. The first-order chi connectivity index (χ1) is 6.90. The Labute approximate surface area is 84.7 Å². The quantitative estimate of drug-likeness (QED) is 0.645. The average Bonchev–Trinajstić information content (AvgIpc) is 2.42. The van der Waals surface area contributed by atoms with Crippen molar-refractivity contribution in [1.29, 1.82) is 0 Å². The van der Waals surface area contributed by atoms with Crippen molar-refractivity contribution >= 4 is 5.69 Å². The Hall–Kier alpha value is -1.06. The van der Waals surface area contributed by atoms with Crippen LogP contribution >= 0.6 is 0 Å². The Morgan fingerprint density at radius 1 is 1.29 bits per heavy atom. The van der Waals surface area contributed by atoms with Crippen LogP contribution in [0.5, 0.6) is 0 Å². The Balaban J connectivity index is 2.23. The van der Waals surface area contributed by atoms with Gasteiger partial charge >= 0.3 is 0 Å². The molecular formula is C11H17N3. The van der Waals surface area contributed by atoms with Crippen molar-refractivity contribution in [2.75, 3.05) is 25.0 Å². The first-order valence-corrected chi connectivity index (χ1v) is 5.16. The lowest BCUT2D eigenvalue weighted by Crippen LogP contribution is -2.16. The highest BCUT2D eigenvalue weighted by Crippen LogP contribution is 2.18. The minimum Gasteiger partial charge on any atom is -0.384 e. The molecule has 3 nitrogen and oxygen atoms in total. The summed E-state index contributed by atoms with van der Waals surface area (Å²) in [5, 5.41) is 6.78. The van der Waals surface area contributed by atoms with E-state index in [2.05, 4.69) is 28.8 Å². The second kappa shape index (κ2) is 4.44. The van der Waals surface area contributed by atoms with Gasteiger partial charge in [0.2, 0.25) is 0 Å². The number of benzene rings is 1. The Morgan fingerprint density at radius 3 is 3.07 bits per heavy atom. The van der Waals surface area contributed by atoms with Crippen LogP contribution in [0.15, 0.2) is 18.2 Å². The maximum absolute atomic E-state index is 5.54. The van der Waals surface area contributed by atoms with E-state index in [1.165, 1.54) is 16.8 Å². The van der Waals surface area contributed by atoms with Gasteiger partial charge in [-0.2, -0.15) is 0 Å². The zero-order valence-electron chi connectivity index (χ0n) is 8.34. The van der Waals surface area contributed by atoms with Crippen molar-refractivity contribution in [2.24, 2.45) is 5.73 Å². The van der Waals surface area contributed by atoms with Crippen molar-refractivity contribution < 1.29 is 0 Å². The fourth-order valence-electron chi connectivity index (χ4n) is 1.80. The topological polar surface area (TPSA) is 50.1 Å². The first kappa shape index (κ1) is 9.49. The summed E-state index contributed by atoms with van der Waals surface area (Å²) in [5.74, 6) is 0. The third-order valence-corrected chi connectivity index (χ3v) is 2.54. The number of nitrogens with two attached hydrogens (primary N) is 1. The molecule has 0 aromatic heterocycles. The molecule has 0 saturated heterocycles. The van der Waals surface area contributed by atoms with Crippen LogP contribution in [0.25, 0.3) is 0 Å². The van der Waals surface area contributed by atoms with Crippen molar-refractivity contribution in [1.82, 2.24) is 5.32 Å². The second-order valence-corrected chi connectivity index (χ2v) is 3.63. The minimum atomic E-state index is 0.722. The Kier molecular flexibility index (Phi) is 3.01. The smallest absolute Gasteiger partial charge is 0.0386 e. The van der Waals surface area contributed by atoms with Crippen LogP contribution in [-0.2, 0) is 13.0 Å². The molecule has 0 bridgehead atoms. The molecule has 1 aliphatic rings. The summed E-state index contributed by atoms with van der Waals surface area (Å²) in [6.45, 7) is 3.71. The van der Waals surface area contributed by atoms with Gasteiger partial charge in [-0.3, -0.25) is 0 Å². The summed E-state index contributed by atoms with van der Waals surface area (Å²) in [4.78, 5) is 0. The molecule has 1 heterocycles. The second-order valence-electron chi connectivity index (χ2n) is 3.63. The van der Waals surface area contributed by atoms with Gasteiger partial charge in [0.25, 0.3) is 0 Å². The largest absolute Gasteiger partial charge is 0.384 e. The fraction of sp³-hybridized carbons (Fsp3) is 0.455. The average molecular weight is 191 g/mol. The van der Waals surface area contributed by atoms with Crippen LogP contribution in [0.2, 0.25) is 0 Å². The lowest BCUT2D eigenvalue weighted by molar-refractivity contribution is 0.724. The normalized spacial score (nSPS) is 15.5. The molecule has 1 aliphatic heterocycles. The number of hydrogen-bond donors (Lipinski definition) is 3. The number of nitrogens with one attached hydrogen (secondary N) is 2. The maximum Gasteiger partial charge on any atom is 0.0386 e. The molecule has 1 aromatic rings. The number of fused-ring (bicyclic) bond motifs is 1. The van der Waals surface area contributed by atoms with Crippen LogP contribution in [0, 0.1) is 0 Å². The molecule has 0 unspecified atom stereocenters. The molecule has 0 amide bonds. The van der Waals surface area contributed by atoms with Crippen LogP contribution in [0.4, 0.5) is 5.69 Å². The summed E-state index contributed by atoms with van der Waals surface area (Å²) in [5.41, 5.74) is 9.48. The van der Waals surface area contributed by atoms with Crippen molar-refractivity contribution in [2.45, 2.75) is 13.0 Å². The fourth-order valence-corrected chi connectivity index (χ4v) is 1.80. The maximum atomic E-state index is 5.54. The van der Waals surface area contributed by atoms with E-state index in [1.54, 1.807) is 0 Å². The third kappa shape index (κ3) is 2.05. The highest BCUT2D eigenvalue weighted by atomic mass is 15.0. The molecule has 0 saturated carbocycles. The van der Waals surface area contributed by atoms with E-state index in [1.807, 2.05) is 0 Å². The molecular weight excluding hydrogens is 174 g/mol. The van der Waals surface area contributed by atoms with Crippen molar-refractivity contribution in [3.8, 4) is 0 Å². The van der Waals surface area contributed by atoms with E-state index >= 15 is 0 Å². The number of rotatable bonds is 2. The molecule has 0 fully saturated rings. The molecule has 76 valence electrons. The SMILES string of the molecule is NCCc1ccc2c(c1)CNCCN2. The van der Waals surface area contributed by atoms with Gasteiger partial charge in [0.15, 0.2) is 0 Å². The predicted octanol–water partition coefficient (Wildman–Crippen LogP) is 0.703. The zero-order chi connectivity index (χ0) is 9.80. The van der Waals surface area contributed by atoms with Gasteiger partial charge in [-0.15, -0.1) is 0 Å². The van der Waals surface area contributed by atoms with Gasteiger partial charge in [0.1, 0.15) is 0 Å². The minimum absolute atomic E-state index is 0.722. The van der Waals surface area contributed by atoms with Gasteiger partial charge in [0.05, 0.1) is 0 Å². The van der Waals surface area contributed by atoms with Crippen molar-refractivity contribution in [3.63, 3.8) is 0 Å². The summed E-state index contributed by atoms with van der Waals surface area (Å²) in [6.07, 6.45) is 0.966. The Morgan fingerprint density at radius 2 is 2.21 bits per heavy atom. The van der Waals surface area contributed by atoms with E-state index in [9.17, 15) is 0 Å². The zero-order valence-corrected chi connectivity index (χ0v) is 8.34. The number of hydrogen-bond acceptors (Lipinski definition) is 3.